The van der Waals surface area contributed by atoms with E-state index in [-0.39, 0.29) is 16.9 Å². The molecule has 0 unspecified atom stereocenters. The van der Waals surface area contributed by atoms with Crippen molar-refractivity contribution in [1.82, 2.24) is 4.90 Å². The molecule has 1 fully saturated rings. The molecule has 0 aliphatic heterocycles. The van der Waals surface area contributed by atoms with Gasteiger partial charge >= 0.3 is 5.97 Å². The number of rotatable bonds is 5. The largest absolute Gasteiger partial charge is 0.478 e. The predicted molar refractivity (Wildman–Crippen MR) is 73.5 cm³/mol. The van der Waals surface area contributed by atoms with Gasteiger partial charge in [-0.3, -0.25) is 4.79 Å². The molecule has 0 saturated heterocycles. The van der Waals surface area contributed by atoms with Crippen molar-refractivity contribution in [3.05, 3.63) is 23.2 Å². The van der Waals surface area contributed by atoms with Crippen molar-refractivity contribution in [2.75, 3.05) is 7.05 Å². The summed E-state index contributed by atoms with van der Waals surface area (Å²) >= 11 is 0. The Balaban J connectivity index is 2.08. The van der Waals surface area contributed by atoms with Crippen LogP contribution in [0.15, 0.2) is 10.5 Å². The van der Waals surface area contributed by atoms with Gasteiger partial charge in [-0.2, -0.15) is 0 Å². The molecule has 1 amide bonds. The monoisotopic (exact) mass is 279 g/mol. The number of aryl methyl sites for hydroxylation is 1. The van der Waals surface area contributed by atoms with Gasteiger partial charge in [0.2, 0.25) is 5.91 Å². The summed E-state index contributed by atoms with van der Waals surface area (Å²) in [5, 5.41) is 9.00. The van der Waals surface area contributed by atoms with Gasteiger partial charge in [-0.25, -0.2) is 4.79 Å². The number of furan rings is 1. The fourth-order valence-corrected chi connectivity index (χ4v) is 2.87. The Bertz CT molecular complexity index is 522. The molecule has 1 heterocycles. The Morgan fingerprint density at radius 2 is 2.10 bits per heavy atom. The van der Waals surface area contributed by atoms with Crippen LogP contribution in [0.5, 0.6) is 0 Å². The number of carbonyl (C=O) groups is 2. The minimum Gasteiger partial charge on any atom is -0.478 e. The van der Waals surface area contributed by atoms with E-state index in [1.165, 1.54) is 6.07 Å². The van der Waals surface area contributed by atoms with Gasteiger partial charge in [-0.05, 0) is 32.3 Å². The van der Waals surface area contributed by atoms with Crippen molar-refractivity contribution in [3.63, 3.8) is 0 Å². The maximum atomic E-state index is 12.5. The molecule has 1 aromatic rings. The fraction of sp³-hybridized carbons (Fsp3) is 0.600. The Labute approximate surface area is 118 Å². The summed E-state index contributed by atoms with van der Waals surface area (Å²) in [7, 11) is 1.75. The molecule has 5 nitrogen and oxygen atoms in total. The molecule has 5 heteroatoms. The SMILES string of the molecule is CCC1(C(=O)N(C)Cc2cc(C(=O)O)c(C)o2)CCC1. The first-order chi connectivity index (χ1) is 9.39. The van der Waals surface area contributed by atoms with Gasteiger partial charge in [0, 0.05) is 12.5 Å². The number of carboxylic acids is 1. The summed E-state index contributed by atoms with van der Waals surface area (Å²) in [6, 6.07) is 1.50. The number of nitrogens with zero attached hydrogens (tertiary/aromatic N) is 1. The molecular formula is C15H21NO4. The zero-order valence-electron chi connectivity index (χ0n) is 12.2. The van der Waals surface area contributed by atoms with E-state index in [4.69, 9.17) is 9.52 Å². The van der Waals surface area contributed by atoms with Gasteiger partial charge in [0.25, 0.3) is 0 Å². The molecule has 1 aromatic heterocycles. The lowest BCUT2D eigenvalue weighted by Crippen LogP contribution is -2.45. The van der Waals surface area contributed by atoms with Crippen LogP contribution in [0.25, 0.3) is 0 Å². The molecular weight excluding hydrogens is 258 g/mol. The zero-order chi connectivity index (χ0) is 14.9. The van der Waals surface area contributed by atoms with Crippen LogP contribution in [0.4, 0.5) is 0 Å². The highest BCUT2D eigenvalue weighted by atomic mass is 16.4. The van der Waals surface area contributed by atoms with Crippen LogP contribution in [0, 0.1) is 12.3 Å². The maximum absolute atomic E-state index is 12.5. The van der Waals surface area contributed by atoms with E-state index in [1.807, 2.05) is 6.92 Å². The number of aromatic carboxylic acids is 1. The van der Waals surface area contributed by atoms with Crippen molar-refractivity contribution in [3.8, 4) is 0 Å². The first-order valence-electron chi connectivity index (χ1n) is 6.98. The van der Waals surface area contributed by atoms with E-state index in [2.05, 4.69) is 0 Å². The third-order valence-electron chi connectivity index (χ3n) is 4.38. The summed E-state index contributed by atoms with van der Waals surface area (Å²) in [4.78, 5) is 25.1. The molecule has 1 saturated carbocycles. The molecule has 0 radical (unpaired) electrons. The van der Waals surface area contributed by atoms with Crippen LogP contribution in [-0.4, -0.2) is 28.9 Å². The van der Waals surface area contributed by atoms with Gasteiger partial charge < -0.3 is 14.4 Å². The molecule has 0 bridgehead atoms. The maximum Gasteiger partial charge on any atom is 0.339 e. The second-order valence-electron chi connectivity index (χ2n) is 5.64. The van der Waals surface area contributed by atoms with Crippen LogP contribution in [-0.2, 0) is 11.3 Å². The Morgan fingerprint density at radius 1 is 1.45 bits per heavy atom. The molecule has 0 aromatic carbocycles. The van der Waals surface area contributed by atoms with E-state index in [1.54, 1.807) is 18.9 Å². The van der Waals surface area contributed by atoms with Gasteiger partial charge in [0.15, 0.2) is 0 Å². The number of carbonyl (C=O) groups excluding carboxylic acids is 1. The number of amides is 1. The van der Waals surface area contributed by atoms with E-state index in [0.717, 1.165) is 25.7 Å². The predicted octanol–water partition coefficient (Wildman–Crippen LogP) is 2.82. The van der Waals surface area contributed by atoms with E-state index in [9.17, 15) is 9.59 Å². The minimum absolute atomic E-state index is 0.136. The second kappa shape index (κ2) is 5.31. The van der Waals surface area contributed by atoms with Gasteiger partial charge in [0.1, 0.15) is 17.1 Å². The van der Waals surface area contributed by atoms with Crippen LogP contribution < -0.4 is 0 Å². The summed E-state index contributed by atoms with van der Waals surface area (Å²) < 4.78 is 5.42. The molecule has 0 atom stereocenters. The average Bonchev–Trinajstić information content (AvgIpc) is 2.69. The third kappa shape index (κ3) is 2.44. The lowest BCUT2D eigenvalue weighted by molar-refractivity contribution is -0.147. The Hall–Kier alpha value is -1.78. The van der Waals surface area contributed by atoms with Gasteiger partial charge in [-0.1, -0.05) is 13.3 Å². The Morgan fingerprint density at radius 3 is 2.50 bits per heavy atom. The third-order valence-corrected chi connectivity index (χ3v) is 4.38. The summed E-state index contributed by atoms with van der Waals surface area (Å²) in [5.41, 5.74) is -0.0406. The number of carboxylic acid groups (broad SMARTS) is 1. The van der Waals surface area contributed by atoms with Crippen LogP contribution in [0.2, 0.25) is 0 Å². The van der Waals surface area contributed by atoms with Crippen molar-refractivity contribution in [2.24, 2.45) is 5.41 Å². The van der Waals surface area contributed by atoms with Gasteiger partial charge in [-0.15, -0.1) is 0 Å². The quantitative estimate of drug-likeness (QED) is 0.899. The van der Waals surface area contributed by atoms with Crippen LogP contribution >= 0.6 is 0 Å². The van der Waals surface area contributed by atoms with Crippen molar-refractivity contribution in [2.45, 2.75) is 46.1 Å². The van der Waals surface area contributed by atoms with E-state index < -0.39 is 5.97 Å². The minimum atomic E-state index is -1.00. The lowest BCUT2D eigenvalue weighted by Gasteiger charge is -2.41. The molecule has 1 aliphatic carbocycles. The fourth-order valence-electron chi connectivity index (χ4n) is 2.87. The summed E-state index contributed by atoms with van der Waals surface area (Å²) in [5.74, 6) is 0.0243. The summed E-state index contributed by atoms with van der Waals surface area (Å²) in [6.45, 7) is 3.98. The van der Waals surface area contributed by atoms with Crippen LogP contribution in [0.1, 0.15) is 54.5 Å². The van der Waals surface area contributed by atoms with Crippen molar-refractivity contribution in [1.29, 1.82) is 0 Å². The Kier molecular flexibility index (Phi) is 3.88. The first-order valence-corrected chi connectivity index (χ1v) is 6.98. The molecule has 1 N–H and O–H groups in total. The molecule has 110 valence electrons. The van der Waals surface area contributed by atoms with E-state index in [0.29, 0.717) is 18.1 Å². The molecule has 0 spiro atoms. The molecule has 20 heavy (non-hydrogen) atoms. The average molecular weight is 279 g/mol. The van der Waals surface area contributed by atoms with Crippen molar-refractivity contribution < 1.29 is 19.1 Å². The van der Waals surface area contributed by atoms with E-state index >= 15 is 0 Å². The molecule has 1 aliphatic rings. The second-order valence-corrected chi connectivity index (χ2v) is 5.64. The molecule has 2 rings (SSSR count). The highest BCUT2D eigenvalue weighted by Crippen LogP contribution is 2.45. The topological polar surface area (TPSA) is 70.8 Å². The van der Waals surface area contributed by atoms with Crippen LogP contribution in [0.3, 0.4) is 0 Å². The number of hydrogen-bond acceptors (Lipinski definition) is 3. The number of hydrogen-bond donors (Lipinski definition) is 1. The first kappa shape index (κ1) is 14.6. The highest BCUT2D eigenvalue weighted by Gasteiger charge is 2.43. The lowest BCUT2D eigenvalue weighted by atomic mass is 9.66. The zero-order valence-corrected chi connectivity index (χ0v) is 12.2. The standard InChI is InChI=1S/C15H21NO4/c1-4-15(6-5-7-15)14(19)16(3)9-11-8-12(13(17)18)10(2)20-11/h8H,4-7,9H2,1-3H3,(H,17,18). The summed E-state index contributed by atoms with van der Waals surface area (Å²) in [6.07, 6.45) is 3.86. The van der Waals surface area contributed by atoms with Gasteiger partial charge in [0.05, 0.1) is 6.54 Å². The van der Waals surface area contributed by atoms with Crippen molar-refractivity contribution >= 4 is 11.9 Å². The highest BCUT2D eigenvalue weighted by molar-refractivity contribution is 5.89. The normalized spacial score (nSPS) is 16.6. The smallest absolute Gasteiger partial charge is 0.339 e.